The van der Waals surface area contributed by atoms with E-state index in [1.165, 1.54) is 0 Å². The van der Waals surface area contributed by atoms with Crippen molar-refractivity contribution in [2.45, 2.75) is 44.8 Å². The number of hydrogen-bond acceptors (Lipinski definition) is 5. The van der Waals surface area contributed by atoms with Crippen LogP contribution in [-0.2, 0) is 12.1 Å². The second kappa shape index (κ2) is 6.72. The summed E-state index contributed by atoms with van der Waals surface area (Å²) in [5, 5.41) is 10.8. The Morgan fingerprint density at radius 1 is 1.17 bits per heavy atom. The first kappa shape index (κ1) is 16.0. The molecule has 0 aromatic carbocycles. The summed E-state index contributed by atoms with van der Waals surface area (Å²) >= 11 is 0. The Hall–Kier alpha value is -1.85. The molecule has 1 aliphatic heterocycles. The molecule has 2 aromatic heterocycles. The maximum absolute atomic E-state index is 10.8. The molecule has 23 heavy (non-hydrogen) atoms. The van der Waals surface area contributed by atoms with E-state index in [1.807, 2.05) is 24.5 Å². The van der Waals surface area contributed by atoms with E-state index in [0.29, 0.717) is 5.92 Å². The maximum Gasteiger partial charge on any atom is 0.130 e. The maximum atomic E-state index is 10.8. The standard InChI is InChI=1S/C18H24N4O/c1-14(2)17-20-10-15(11-21-17)13-22-8-5-18(23,6-9-22)16-4-3-7-19-12-16/h3-4,7,10-12,14,23H,5-6,8-9,13H2,1-2H3. The normalized spacial score (nSPS) is 18.3. The summed E-state index contributed by atoms with van der Waals surface area (Å²) in [6.45, 7) is 6.74. The SMILES string of the molecule is CC(C)c1ncc(CN2CCC(O)(c3cccnc3)CC2)cn1. The van der Waals surface area contributed by atoms with Gasteiger partial charge in [0.25, 0.3) is 0 Å². The van der Waals surface area contributed by atoms with Crippen molar-refractivity contribution < 1.29 is 5.11 Å². The summed E-state index contributed by atoms with van der Waals surface area (Å²) in [6, 6.07) is 3.84. The number of likely N-dealkylation sites (tertiary alicyclic amines) is 1. The molecule has 3 rings (SSSR count). The van der Waals surface area contributed by atoms with E-state index in [-0.39, 0.29) is 0 Å². The number of nitrogens with zero attached hydrogens (tertiary/aromatic N) is 4. The van der Waals surface area contributed by atoms with E-state index in [1.54, 1.807) is 12.4 Å². The van der Waals surface area contributed by atoms with E-state index in [9.17, 15) is 5.11 Å². The minimum Gasteiger partial charge on any atom is -0.385 e. The second-order valence-electron chi connectivity index (χ2n) is 6.65. The minimum absolute atomic E-state index is 0.355. The van der Waals surface area contributed by atoms with Gasteiger partial charge in [-0.15, -0.1) is 0 Å². The van der Waals surface area contributed by atoms with E-state index < -0.39 is 5.60 Å². The first-order chi connectivity index (χ1) is 11.1. The smallest absolute Gasteiger partial charge is 0.130 e. The summed E-state index contributed by atoms with van der Waals surface area (Å²) in [5.41, 5.74) is 1.30. The molecule has 1 fully saturated rings. The molecule has 0 radical (unpaired) electrons. The zero-order chi connectivity index (χ0) is 16.3. The van der Waals surface area contributed by atoms with Gasteiger partial charge in [-0.2, -0.15) is 0 Å². The lowest BCUT2D eigenvalue weighted by molar-refractivity contribution is -0.0280. The summed E-state index contributed by atoms with van der Waals surface area (Å²) in [5.74, 6) is 1.24. The minimum atomic E-state index is -0.747. The van der Waals surface area contributed by atoms with Crippen molar-refractivity contribution in [2.75, 3.05) is 13.1 Å². The number of piperidine rings is 1. The van der Waals surface area contributed by atoms with Crippen LogP contribution < -0.4 is 0 Å². The third kappa shape index (κ3) is 3.74. The number of aromatic nitrogens is 3. The van der Waals surface area contributed by atoms with Crippen molar-refractivity contribution in [3.63, 3.8) is 0 Å². The van der Waals surface area contributed by atoms with Crippen molar-refractivity contribution in [3.05, 3.63) is 53.9 Å². The first-order valence-corrected chi connectivity index (χ1v) is 8.23. The lowest BCUT2D eigenvalue weighted by Gasteiger charge is -2.38. The molecule has 1 N–H and O–H groups in total. The second-order valence-corrected chi connectivity index (χ2v) is 6.65. The largest absolute Gasteiger partial charge is 0.385 e. The molecule has 0 aliphatic carbocycles. The summed E-state index contributed by atoms with van der Waals surface area (Å²) in [6.07, 6.45) is 8.80. The topological polar surface area (TPSA) is 62.1 Å². The van der Waals surface area contributed by atoms with Crippen molar-refractivity contribution >= 4 is 0 Å². The Balaban J connectivity index is 1.59. The average molecular weight is 312 g/mol. The van der Waals surface area contributed by atoms with Gasteiger partial charge in [-0.1, -0.05) is 19.9 Å². The van der Waals surface area contributed by atoms with Crippen molar-refractivity contribution in [1.29, 1.82) is 0 Å². The van der Waals surface area contributed by atoms with Gasteiger partial charge >= 0.3 is 0 Å². The number of aliphatic hydroxyl groups is 1. The van der Waals surface area contributed by atoms with Gasteiger partial charge < -0.3 is 5.11 Å². The Morgan fingerprint density at radius 3 is 2.43 bits per heavy atom. The highest BCUT2D eigenvalue weighted by Gasteiger charge is 2.34. The molecule has 122 valence electrons. The van der Waals surface area contributed by atoms with Gasteiger partial charge in [0.2, 0.25) is 0 Å². The Kier molecular flexibility index (Phi) is 4.68. The highest BCUT2D eigenvalue weighted by molar-refractivity contribution is 5.19. The third-order valence-corrected chi connectivity index (χ3v) is 4.53. The molecule has 2 aromatic rings. The summed E-state index contributed by atoms with van der Waals surface area (Å²) < 4.78 is 0. The van der Waals surface area contributed by atoms with Crippen LogP contribution in [0.4, 0.5) is 0 Å². The van der Waals surface area contributed by atoms with Gasteiger partial charge in [-0.3, -0.25) is 9.88 Å². The quantitative estimate of drug-likeness (QED) is 0.940. The van der Waals surface area contributed by atoms with Crippen LogP contribution in [0.5, 0.6) is 0 Å². The summed E-state index contributed by atoms with van der Waals surface area (Å²) in [7, 11) is 0. The highest BCUT2D eigenvalue weighted by Crippen LogP contribution is 2.32. The molecule has 0 spiro atoms. The fraction of sp³-hybridized carbons (Fsp3) is 0.500. The van der Waals surface area contributed by atoms with E-state index in [2.05, 4.69) is 33.7 Å². The van der Waals surface area contributed by atoms with Crippen LogP contribution in [0, 0.1) is 0 Å². The van der Waals surface area contributed by atoms with Gasteiger partial charge in [-0.05, 0) is 18.9 Å². The zero-order valence-corrected chi connectivity index (χ0v) is 13.8. The fourth-order valence-corrected chi connectivity index (χ4v) is 3.01. The third-order valence-electron chi connectivity index (χ3n) is 4.53. The fourth-order valence-electron chi connectivity index (χ4n) is 3.01. The first-order valence-electron chi connectivity index (χ1n) is 8.23. The Bertz CT molecular complexity index is 619. The molecule has 1 saturated heterocycles. The predicted octanol–water partition coefficient (Wildman–Crippen LogP) is 2.48. The van der Waals surface area contributed by atoms with Gasteiger partial charge in [-0.25, -0.2) is 9.97 Å². The van der Waals surface area contributed by atoms with Crippen LogP contribution in [0.2, 0.25) is 0 Å². The highest BCUT2D eigenvalue weighted by atomic mass is 16.3. The van der Waals surface area contributed by atoms with Gasteiger partial charge in [0.05, 0.1) is 5.60 Å². The van der Waals surface area contributed by atoms with Crippen LogP contribution >= 0.6 is 0 Å². The van der Waals surface area contributed by atoms with Gasteiger partial charge in [0.15, 0.2) is 0 Å². The Labute approximate surface area is 137 Å². The molecular formula is C18H24N4O. The zero-order valence-electron chi connectivity index (χ0n) is 13.8. The van der Waals surface area contributed by atoms with Crippen LogP contribution in [-0.4, -0.2) is 38.0 Å². The molecule has 3 heterocycles. The molecular weight excluding hydrogens is 288 g/mol. The molecule has 5 nitrogen and oxygen atoms in total. The number of pyridine rings is 1. The average Bonchev–Trinajstić information content (AvgIpc) is 2.58. The molecule has 0 bridgehead atoms. The van der Waals surface area contributed by atoms with Crippen LogP contribution in [0.15, 0.2) is 36.9 Å². The molecule has 5 heteroatoms. The van der Waals surface area contributed by atoms with Crippen molar-refractivity contribution in [1.82, 2.24) is 19.9 Å². The monoisotopic (exact) mass is 312 g/mol. The van der Waals surface area contributed by atoms with Crippen LogP contribution in [0.3, 0.4) is 0 Å². The molecule has 0 atom stereocenters. The van der Waals surface area contributed by atoms with Crippen molar-refractivity contribution in [2.24, 2.45) is 0 Å². The number of hydrogen-bond donors (Lipinski definition) is 1. The Morgan fingerprint density at radius 2 is 1.87 bits per heavy atom. The van der Waals surface area contributed by atoms with Crippen LogP contribution in [0.1, 0.15) is 49.6 Å². The molecule has 1 aliphatic rings. The predicted molar refractivity (Wildman–Crippen MR) is 88.8 cm³/mol. The van der Waals surface area contributed by atoms with Crippen molar-refractivity contribution in [3.8, 4) is 0 Å². The molecule has 0 saturated carbocycles. The molecule has 0 unspecified atom stereocenters. The van der Waals surface area contributed by atoms with E-state index >= 15 is 0 Å². The van der Waals surface area contributed by atoms with Crippen LogP contribution in [0.25, 0.3) is 0 Å². The van der Waals surface area contributed by atoms with Gasteiger partial charge in [0, 0.05) is 61.5 Å². The summed E-state index contributed by atoms with van der Waals surface area (Å²) in [4.78, 5) is 15.3. The number of rotatable bonds is 4. The van der Waals surface area contributed by atoms with Gasteiger partial charge in [0.1, 0.15) is 5.82 Å². The molecule has 0 amide bonds. The van der Waals surface area contributed by atoms with E-state index in [4.69, 9.17) is 0 Å². The lowest BCUT2D eigenvalue weighted by Crippen LogP contribution is -2.42. The lowest BCUT2D eigenvalue weighted by atomic mass is 9.85. The van der Waals surface area contributed by atoms with E-state index in [0.717, 1.165) is 49.4 Å².